The van der Waals surface area contributed by atoms with Crippen molar-refractivity contribution in [3.05, 3.63) is 22.3 Å². The third-order valence-electron chi connectivity index (χ3n) is 3.02. The van der Waals surface area contributed by atoms with Gasteiger partial charge in [0.25, 0.3) is 5.89 Å². The molecule has 0 fully saturated rings. The summed E-state index contributed by atoms with van der Waals surface area (Å²) in [4.78, 5) is 17.9. The molecule has 6 heteroatoms. The van der Waals surface area contributed by atoms with Crippen molar-refractivity contribution < 1.29 is 9.32 Å². The van der Waals surface area contributed by atoms with Gasteiger partial charge in [0.2, 0.25) is 5.91 Å². The molecule has 2 heterocycles. The molecule has 5 nitrogen and oxygen atoms in total. The van der Waals surface area contributed by atoms with Crippen LogP contribution in [0.3, 0.4) is 0 Å². The Morgan fingerprint density at radius 3 is 3.22 bits per heavy atom. The van der Waals surface area contributed by atoms with Crippen molar-refractivity contribution in [1.29, 1.82) is 0 Å². The number of fused-ring (bicyclic) bond motifs is 1. The molecular formula is C12H13N3O2S. The van der Waals surface area contributed by atoms with E-state index in [1.54, 1.807) is 18.4 Å². The monoisotopic (exact) mass is 263 g/mol. The van der Waals surface area contributed by atoms with E-state index in [0.29, 0.717) is 11.7 Å². The molecule has 0 spiro atoms. The maximum Gasteiger partial charge on any atom is 0.268 e. The number of nitrogens with zero attached hydrogens (tertiary/aromatic N) is 2. The second kappa shape index (κ2) is 4.53. The molecule has 0 atom stereocenters. The summed E-state index contributed by atoms with van der Waals surface area (Å²) in [6, 6.07) is 2.13. The van der Waals surface area contributed by atoms with Crippen LogP contribution in [0.15, 0.2) is 10.6 Å². The quantitative estimate of drug-likeness (QED) is 0.912. The average molecular weight is 263 g/mol. The zero-order chi connectivity index (χ0) is 12.5. The van der Waals surface area contributed by atoms with Gasteiger partial charge in [-0.15, -0.1) is 11.3 Å². The Balaban J connectivity index is 1.81. The predicted octanol–water partition coefficient (Wildman–Crippen LogP) is 1.58. The van der Waals surface area contributed by atoms with Crippen molar-refractivity contribution in [2.75, 3.05) is 7.05 Å². The van der Waals surface area contributed by atoms with Crippen molar-refractivity contribution in [3.8, 4) is 10.8 Å². The molecule has 94 valence electrons. The van der Waals surface area contributed by atoms with Crippen LogP contribution >= 0.6 is 11.3 Å². The van der Waals surface area contributed by atoms with Crippen LogP contribution in [-0.2, 0) is 24.1 Å². The van der Waals surface area contributed by atoms with E-state index in [2.05, 4.69) is 21.5 Å². The van der Waals surface area contributed by atoms with Gasteiger partial charge in [0.15, 0.2) is 5.82 Å². The fourth-order valence-corrected chi connectivity index (χ4v) is 3.27. The lowest BCUT2D eigenvalue weighted by Gasteiger charge is -1.91. The van der Waals surface area contributed by atoms with Crippen LogP contribution in [0.1, 0.15) is 22.7 Å². The molecule has 2 aromatic heterocycles. The Hall–Kier alpha value is -1.69. The smallest absolute Gasteiger partial charge is 0.268 e. The molecule has 0 saturated heterocycles. The number of thiophene rings is 1. The summed E-state index contributed by atoms with van der Waals surface area (Å²) in [7, 11) is 1.59. The summed E-state index contributed by atoms with van der Waals surface area (Å²) in [5.41, 5.74) is 1.40. The van der Waals surface area contributed by atoms with Gasteiger partial charge in [0.1, 0.15) is 0 Å². The zero-order valence-electron chi connectivity index (χ0n) is 10.0. The molecule has 18 heavy (non-hydrogen) atoms. The summed E-state index contributed by atoms with van der Waals surface area (Å²) in [6.45, 7) is 0. The van der Waals surface area contributed by atoms with Gasteiger partial charge in [-0.2, -0.15) is 4.98 Å². The van der Waals surface area contributed by atoms with E-state index in [0.717, 1.165) is 17.7 Å². The lowest BCUT2D eigenvalue weighted by Crippen LogP contribution is -2.20. The molecule has 0 aromatic carbocycles. The number of hydrogen-bond donors (Lipinski definition) is 1. The van der Waals surface area contributed by atoms with Gasteiger partial charge < -0.3 is 9.84 Å². The summed E-state index contributed by atoms with van der Waals surface area (Å²) in [5, 5.41) is 6.36. The van der Waals surface area contributed by atoms with Gasteiger partial charge in [0, 0.05) is 11.9 Å². The van der Waals surface area contributed by atoms with Crippen LogP contribution < -0.4 is 5.32 Å². The van der Waals surface area contributed by atoms with Crippen LogP contribution in [-0.4, -0.2) is 23.1 Å². The summed E-state index contributed by atoms with van der Waals surface area (Å²) < 4.78 is 5.20. The predicted molar refractivity (Wildman–Crippen MR) is 67.4 cm³/mol. The van der Waals surface area contributed by atoms with Crippen molar-refractivity contribution in [2.45, 2.75) is 25.7 Å². The van der Waals surface area contributed by atoms with E-state index >= 15 is 0 Å². The minimum atomic E-state index is -0.115. The van der Waals surface area contributed by atoms with Crippen molar-refractivity contribution in [1.82, 2.24) is 15.5 Å². The second-order valence-corrected chi connectivity index (χ2v) is 5.42. The highest BCUT2D eigenvalue weighted by molar-refractivity contribution is 7.15. The van der Waals surface area contributed by atoms with Gasteiger partial charge in [-0.05, 0) is 30.9 Å². The lowest BCUT2D eigenvalue weighted by atomic mass is 10.2. The molecule has 1 amide bonds. The molecule has 0 saturated carbocycles. The van der Waals surface area contributed by atoms with E-state index in [-0.39, 0.29) is 12.3 Å². The van der Waals surface area contributed by atoms with E-state index in [4.69, 9.17) is 4.52 Å². The maximum absolute atomic E-state index is 11.2. The van der Waals surface area contributed by atoms with Gasteiger partial charge in [-0.3, -0.25) is 4.79 Å². The molecule has 0 bridgehead atoms. The Morgan fingerprint density at radius 1 is 1.56 bits per heavy atom. The minimum absolute atomic E-state index is 0.115. The summed E-state index contributed by atoms with van der Waals surface area (Å²) in [5.74, 6) is 0.835. The number of hydrogen-bond acceptors (Lipinski definition) is 5. The highest BCUT2D eigenvalue weighted by Gasteiger charge is 2.19. The van der Waals surface area contributed by atoms with E-state index < -0.39 is 0 Å². The number of amides is 1. The van der Waals surface area contributed by atoms with Crippen LogP contribution in [0.2, 0.25) is 0 Å². The number of carbonyl (C=O) groups excluding carboxylic acids is 1. The fourth-order valence-electron chi connectivity index (χ4n) is 2.09. The summed E-state index contributed by atoms with van der Waals surface area (Å²) in [6.07, 6.45) is 3.70. The zero-order valence-corrected chi connectivity index (χ0v) is 10.8. The van der Waals surface area contributed by atoms with E-state index in [1.165, 1.54) is 16.9 Å². The highest BCUT2D eigenvalue weighted by Crippen LogP contribution is 2.35. The molecule has 0 aliphatic heterocycles. The van der Waals surface area contributed by atoms with Gasteiger partial charge in [0.05, 0.1) is 11.3 Å². The average Bonchev–Trinajstić information content (AvgIpc) is 3.01. The molecule has 1 N–H and O–H groups in total. The number of likely N-dealkylation sites (N-methyl/N-ethyl adjacent to an activating group) is 1. The van der Waals surface area contributed by atoms with Crippen LogP contribution in [0.25, 0.3) is 10.8 Å². The number of aryl methyl sites for hydroxylation is 2. The number of carbonyl (C=O) groups is 1. The van der Waals surface area contributed by atoms with E-state index in [9.17, 15) is 4.79 Å². The maximum atomic E-state index is 11.2. The minimum Gasteiger partial charge on any atom is -0.359 e. The van der Waals surface area contributed by atoms with Gasteiger partial charge >= 0.3 is 0 Å². The number of aromatic nitrogens is 2. The SMILES string of the molecule is CNC(=O)Cc1noc(-c2cc3c(s2)CCC3)n1. The van der Waals surface area contributed by atoms with Crippen LogP contribution in [0.5, 0.6) is 0 Å². The van der Waals surface area contributed by atoms with Crippen molar-refractivity contribution in [3.63, 3.8) is 0 Å². The molecule has 3 rings (SSSR count). The standard InChI is InChI=1S/C12H13N3O2S/c1-13-11(16)6-10-14-12(17-15-10)9-5-7-3-2-4-8(7)18-9/h5H,2-4,6H2,1H3,(H,13,16). The third-order valence-corrected chi connectivity index (χ3v) is 4.25. The lowest BCUT2D eigenvalue weighted by molar-refractivity contribution is -0.120. The second-order valence-electron chi connectivity index (χ2n) is 4.28. The molecular weight excluding hydrogens is 250 g/mol. The van der Waals surface area contributed by atoms with Crippen LogP contribution in [0, 0.1) is 0 Å². The Morgan fingerprint density at radius 2 is 2.44 bits per heavy atom. The van der Waals surface area contributed by atoms with Crippen molar-refractivity contribution in [2.24, 2.45) is 0 Å². The highest BCUT2D eigenvalue weighted by atomic mass is 32.1. The Bertz CT molecular complexity index is 566. The molecule has 2 aromatic rings. The van der Waals surface area contributed by atoms with Crippen LogP contribution in [0.4, 0.5) is 0 Å². The Kier molecular flexibility index (Phi) is 2.87. The third kappa shape index (κ3) is 2.03. The van der Waals surface area contributed by atoms with Gasteiger partial charge in [-0.25, -0.2) is 0 Å². The molecule has 0 radical (unpaired) electrons. The number of rotatable bonds is 3. The Labute approximate surface area is 108 Å². The number of nitrogens with one attached hydrogen (secondary N) is 1. The first-order valence-corrected chi connectivity index (χ1v) is 6.73. The first-order chi connectivity index (χ1) is 8.76. The van der Waals surface area contributed by atoms with E-state index in [1.807, 2.05) is 0 Å². The first-order valence-electron chi connectivity index (χ1n) is 5.91. The largest absolute Gasteiger partial charge is 0.359 e. The van der Waals surface area contributed by atoms with Gasteiger partial charge in [-0.1, -0.05) is 5.16 Å². The summed E-state index contributed by atoms with van der Waals surface area (Å²) >= 11 is 1.72. The molecule has 0 unspecified atom stereocenters. The first kappa shape index (κ1) is 11.4. The van der Waals surface area contributed by atoms with Crippen molar-refractivity contribution >= 4 is 17.2 Å². The normalized spacial score (nSPS) is 13.6. The fraction of sp³-hybridized carbons (Fsp3) is 0.417. The topological polar surface area (TPSA) is 68.0 Å². The molecule has 1 aliphatic carbocycles. The molecule has 1 aliphatic rings.